The molecule has 0 atom stereocenters. The molecule has 4 heteroatoms. The van der Waals surface area contributed by atoms with Crippen LogP contribution in [-0.4, -0.2) is 12.9 Å². The van der Waals surface area contributed by atoms with E-state index < -0.39 is 0 Å². The maximum absolute atomic E-state index is 11.7. The van der Waals surface area contributed by atoms with Crippen LogP contribution in [0.25, 0.3) is 0 Å². The normalized spacial score (nSPS) is 9.76. The van der Waals surface area contributed by atoms with Crippen molar-refractivity contribution in [2.45, 2.75) is 13.5 Å². The lowest BCUT2D eigenvalue weighted by atomic mass is 10.1. The summed E-state index contributed by atoms with van der Waals surface area (Å²) in [5.74, 6) is 1.06. The fourth-order valence-corrected chi connectivity index (χ4v) is 1.87. The standard InChI is InChI=1S/C17H15NO3/c1-12(19)16-9-15(20-2)7-8-17(16)21-11-14-5-3-13(10-18)4-6-14/h3-9H,11H2,1-2H3. The number of hydrogen-bond donors (Lipinski definition) is 0. The molecule has 106 valence electrons. The summed E-state index contributed by atoms with van der Waals surface area (Å²) in [6.45, 7) is 1.82. The molecule has 2 aromatic carbocycles. The second kappa shape index (κ2) is 6.58. The van der Waals surface area contributed by atoms with Crippen LogP contribution in [0.15, 0.2) is 42.5 Å². The van der Waals surface area contributed by atoms with Crippen LogP contribution < -0.4 is 9.47 Å². The third kappa shape index (κ3) is 3.61. The number of nitriles is 1. The smallest absolute Gasteiger partial charge is 0.163 e. The van der Waals surface area contributed by atoms with Gasteiger partial charge in [-0.3, -0.25) is 4.79 Å². The number of nitrogens with zero attached hydrogens (tertiary/aromatic N) is 1. The number of hydrogen-bond acceptors (Lipinski definition) is 4. The minimum absolute atomic E-state index is 0.0799. The molecule has 4 nitrogen and oxygen atoms in total. The third-order valence-corrected chi connectivity index (χ3v) is 3.04. The Morgan fingerprint density at radius 3 is 2.48 bits per heavy atom. The molecule has 0 aliphatic rings. The third-order valence-electron chi connectivity index (χ3n) is 3.04. The molecule has 21 heavy (non-hydrogen) atoms. The quantitative estimate of drug-likeness (QED) is 0.788. The van der Waals surface area contributed by atoms with Gasteiger partial charge in [-0.2, -0.15) is 5.26 Å². The summed E-state index contributed by atoms with van der Waals surface area (Å²) in [4.78, 5) is 11.7. The van der Waals surface area contributed by atoms with Gasteiger partial charge in [-0.1, -0.05) is 12.1 Å². The Kier molecular flexibility index (Phi) is 4.57. The predicted octanol–water partition coefficient (Wildman–Crippen LogP) is 3.35. The average Bonchev–Trinajstić information content (AvgIpc) is 2.53. The summed E-state index contributed by atoms with van der Waals surface area (Å²) in [6, 6.07) is 14.3. The van der Waals surface area contributed by atoms with E-state index >= 15 is 0 Å². The van der Waals surface area contributed by atoms with Crippen LogP contribution in [0.4, 0.5) is 0 Å². The Bertz CT molecular complexity index is 684. The van der Waals surface area contributed by atoms with Crippen molar-refractivity contribution in [1.29, 1.82) is 5.26 Å². The van der Waals surface area contributed by atoms with Gasteiger partial charge in [0.25, 0.3) is 0 Å². The zero-order chi connectivity index (χ0) is 15.2. The highest BCUT2D eigenvalue weighted by atomic mass is 16.5. The fourth-order valence-electron chi connectivity index (χ4n) is 1.87. The molecule has 2 aromatic rings. The van der Waals surface area contributed by atoms with Gasteiger partial charge in [0.2, 0.25) is 0 Å². The van der Waals surface area contributed by atoms with Crippen molar-refractivity contribution in [2.24, 2.45) is 0 Å². The van der Waals surface area contributed by atoms with Crippen LogP contribution in [-0.2, 0) is 6.61 Å². The lowest BCUT2D eigenvalue weighted by Gasteiger charge is -2.11. The Balaban J connectivity index is 2.15. The van der Waals surface area contributed by atoms with Gasteiger partial charge >= 0.3 is 0 Å². The van der Waals surface area contributed by atoms with Crippen molar-refractivity contribution in [3.63, 3.8) is 0 Å². The van der Waals surface area contributed by atoms with Crippen LogP contribution in [0, 0.1) is 11.3 Å². The van der Waals surface area contributed by atoms with E-state index in [9.17, 15) is 4.79 Å². The van der Waals surface area contributed by atoms with Gasteiger partial charge in [0.15, 0.2) is 5.78 Å². The van der Waals surface area contributed by atoms with Gasteiger partial charge < -0.3 is 9.47 Å². The molecule has 0 aliphatic carbocycles. The highest BCUT2D eigenvalue weighted by Gasteiger charge is 2.10. The minimum Gasteiger partial charge on any atom is -0.497 e. The highest BCUT2D eigenvalue weighted by Crippen LogP contribution is 2.25. The molecule has 0 amide bonds. The zero-order valence-corrected chi connectivity index (χ0v) is 11.9. The van der Waals surface area contributed by atoms with Crippen LogP contribution in [0.1, 0.15) is 28.4 Å². The molecule has 0 saturated carbocycles. The van der Waals surface area contributed by atoms with Gasteiger partial charge in [0.1, 0.15) is 18.1 Å². The summed E-state index contributed by atoms with van der Waals surface area (Å²) in [5, 5.41) is 8.75. The van der Waals surface area contributed by atoms with E-state index in [1.165, 1.54) is 6.92 Å². The molecule has 0 aromatic heterocycles. The monoisotopic (exact) mass is 281 g/mol. The number of ether oxygens (including phenoxy) is 2. The molecule has 0 saturated heterocycles. The van der Waals surface area contributed by atoms with Crippen molar-refractivity contribution >= 4 is 5.78 Å². The van der Waals surface area contributed by atoms with Crippen LogP contribution >= 0.6 is 0 Å². The predicted molar refractivity (Wildman–Crippen MR) is 78.5 cm³/mol. The topological polar surface area (TPSA) is 59.3 Å². The van der Waals surface area contributed by atoms with E-state index in [0.717, 1.165) is 5.56 Å². The lowest BCUT2D eigenvalue weighted by Crippen LogP contribution is -2.02. The molecule has 0 spiro atoms. The van der Waals surface area contributed by atoms with E-state index in [1.807, 2.05) is 12.1 Å². The van der Waals surface area contributed by atoms with Crippen molar-refractivity contribution in [1.82, 2.24) is 0 Å². The first-order chi connectivity index (χ1) is 10.1. The molecule has 0 bridgehead atoms. The largest absolute Gasteiger partial charge is 0.497 e. The van der Waals surface area contributed by atoms with Gasteiger partial charge in [0.05, 0.1) is 24.3 Å². The zero-order valence-electron chi connectivity index (χ0n) is 11.9. The molecule has 0 heterocycles. The first-order valence-corrected chi connectivity index (χ1v) is 6.45. The van der Waals surface area contributed by atoms with E-state index in [4.69, 9.17) is 14.7 Å². The second-order valence-corrected chi connectivity index (χ2v) is 4.52. The Morgan fingerprint density at radius 1 is 1.19 bits per heavy atom. The summed E-state index contributed by atoms with van der Waals surface area (Å²) in [7, 11) is 1.55. The molecule has 0 N–H and O–H groups in total. The van der Waals surface area contributed by atoms with Crippen molar-refractivity contribution < 1.29 is 14.3 Å². The summed E-state index contributed by atoms with van der Waals surface area (Å²) in [5.41, 5.74) is 2.02. The van der Waals surface area contributed by atoms with E-state index in [-0.39, 0.29) is 5.78 Å². The SMILES string of the molecule is COc1ccc(OCc2ccc(C#N)cc2)c(C(C)=O)c1. The van der Waals surface area contributed by atoms with E-state index in [1.54, 1.807) is 37.4 Å². The molecule has 0 fully saturated rings. The first kappa shape index (κ1) is 14.6. The molecular weight excluding hydrogens is 266 g/mol. The van der Waals surface area contributed by atoms with Crippen LogP contribution in [0.2, 0.25) is 0 Å². The summed E-state index contributed by atoms with van der Waals surface area (Å²) in [6.07, 6.45) is 0. The maximum atomic E-state index is 11.7. The van der Waals surface area contributed by atoms with Gasteiger partial charge in [-0.15, -0.1) is 0 Å². The fraction of sp³-hybridized carbons (Fsp3) is 0.176. The van der Waals surface area contributed by atoms with Crippen molar-refractivity contribution in [3.8, 4) is 17.6 Å². The maximum Gasteiger partial charge on any atom is 0.163 e. The first-order valence-electron chi connectivity index (χ1n) is 6.45. The number of ketones is 1. The van der Waals surface area contributed by atoms with Gasteiger partial charge in [0, 0.05) is 0 Å². The highest BCUT2D eigenvalue weighted by molar-refractivity contribution is 5.97. The Labute approximate surface area is 123 Å². The minimum atomic E-state index is -0.0799. The Morgan fingerprint density at radius 2 is 1.90 bits per heavy atom. The number of rotatable bonds is 5. The van der Waals surface area contributed by atoms with Gasteiger partial charge in [-0.05, 0) is 42.8 Å². The molecule has 0 aliphatic heterocycles. The summed E-state index contributed by atoms with van der Waals surface area (Å²) >= 11 is 0. The van der Waals surface area contributed by atoms with Crippen molar-refractivity contribution in [3.05, 3.63) is 59.2 Å². The van der Waals surface area contributed by atoms with Crippen LogP contribution in [0.3, 0.4) is 0 Å². The number of Topliss-reactive ketones (excluding diaryl/α,β-unsaturated/α-hetero) is 1. The number of carbonyl (C=O) groups is 1. The van der Waals surface area contributed by atoms with E-state index in [2.05, 4.69) is 6.07 Å². The molecule has 2 rings (SSSR count). The van der Waals surface area contributed by atoms with Gasteiger partial charge in [-0.25, -0.2) is 0 Å². The number of carbonyl (C=O) groups excluding carboxylic acids is 1. The second-order valence-electron chi connectivity index (χ2n) is 4.52. The average molecular weight is 281 g/mol. The van der Waals surface area contributed by atoms with Crippen LogP contribution in [0.5, 0.6) is 11.5 Å². The molecular formula is C17H15NO3. The summed E-state index contributed by atoms with van der Waals surface area (Å²) < 4.78 is 10.8. The number of methoxy groups -OCH3 is 1. The van der Waals surface area contributed by atoms with Crippen molar-refractivity contribution in [2.75, 3.05) is 7.11 Å². The Hall–Kier alpha value is -2.80. The molecule has 0 unspecified atom stereocenters. The number of benzene rings is 2. The van der Waals surface area contributed by atoms with E-state index in [0.29, 0.717) is 29.2 Å². The lowest BCUT2D eigenvalue weighted by molar-refractivity contribution is 0.101. The molecule has 0 radical (unpaired) electrons.